The van der Waals surface area contributed by atoms with Crippen molar-refractivity contribution in [1.82, 2.24) is 20.1 Å². The minimum Gasteiger partial charge on any atom is -0.497 e. The number of aromatic nitrogens is 3. The van der Waals surface area contributed by atoms with Gasteiger partial charge in [0.1, 0.15) is 5.75 Å². The Balaban J connectivity index is 1.18. The van der Waals surface area contributed by atoms with E-state index in [1.54, 1.807) is 7.11 Å². The molecule has 1 saturated heterocycles. The van der Waals surface area contributed by atoms with Gasteiger partial charge in [-0.1, -0.05) is 18.2 Å². The van der Waals surface area contributed by atoms with Gasteiger partial charge < -0.3 is 14.6 Å². The highest BCUT2D eigenvalue weighted by Gasteiger charge is 2.21. The zero-order valence-electron chi connectivity index (χ0n) is 17.7. The third kappa shape index (κ3) is 3.52. The van der Waals surface area contributed by atoms with Crippen molar-refractivity contribution in [1.29, 1.82) is 0 Å². The Hall–Kier alpha value is -2.99. The van der Waals surface area contributed by atoms with Crippen molar-refractivity contribution >= 4 is 27.6 Å². The first-order valence-corrected chi connectivity index (χ1v) is 10.8. The summed E-state index contributed by atoms with van der Waals surface area (Å²) < 4.78 is 5.39. The van der Waals surface area contributed by atoms with Gasteiger partial charge in [0.2, 0.25) is 0 Å². The molecule has 0 aliphatic carbocycles. The molecule has 4 aromatic rings. The molecule has 0 unspecified atom stereocenters. The number of rotatable bonds is 6. The number of nitrogens with zero attached hydrogens (tertiary/aromatic N) is 3. The second-order valence-electron chi connectivity index (χ2n) is 8.17. The third-order valence-corrected chi connectivity index (χ3v) is 6.35. The number of ether oxygens (including phenoxy) is 1. The fourth-order valence-electron chi connectivity index (χ4n) is 4.67. The summed E-state index contributed by atoms with van der Waals surface area (Å²) in [6.07, 6.45) is 2.31. The zero-order chi connectivity index (χ0) is 20.5. The monoisotopic (exact) mass is 403 g/mol. The van der Waals surface area contributed by atoms with E-state index in [4.69, 9.17) is 4.74 Å². The maximum atomic E-state index is 5.39. The molecule has 0 atom stereocenters. The number of benzene rings is 2. The number of anilines is 1. The maximum Gasteiger partial charge on any atom is 0.158 e. The molecule has 5 rings (SSSR count). The van der Waals surface area contributed by atoms with Gasteiger partial charge in [0.25, 0.3) is 0 Å². The Morgan fingerprint density at radius 1 is 1.00 bits per heavy atom. The van der Waals surface area contributed by atoms with Gasteiger partial charge in [-0.3, -0.25) is 10.00 Å². The van der Waals surface area contributed by atoms with Crippen molar-refractivity contribution in [3.63, 3.8) is 0 Å². The molecule has 3 heterocycles. The lowest BCUT2D eigenvalue weighted by Crippen LogP contribution is -2.46. The smallest absolute Gasteiger partial charge is 0.158 e. The Labute approximate surface area is 176 Å². The SMILES string of the molecule is COc1ccc2[nH]nc(N3CCN(CCCc4c(C)[nH]c5ccccc45)CC3)c2c1. The Morgan fingerprint density at radius 3 is 2.67 bits per heavy atom. The average molecular weight is 404 g/mol. The van der Waals surface area contributed by atoms with Crippen molar-refractivity contribution in [2.75, 3.05) is 44.7 Å². The van der Waals surface area contributed by atoms with E-state index in [1.165, 1.54) is 28.6 Å². The van der Waals surface area contributed by atoms with Gasteiger partial charge in [-0.25, -0.2) is 0 Å². The van der Waals surface area contributed by atoms with Crippen LogP contribution >= 0.6 is 0 Å². The molecule has 156 valence electrons. The van der Waals surface area contributed by atoms with E-state index in [-0.39, 0.29) is 0 Å². The zero-order valence-corrected chi connectivity index (χ0v) is 17.7. The van der Waals surface area contributed by atoms with Gasteiger partial charge in [0, 0.05) is 48.2 Å². The molecule has 0 bridgehead atoms. The number of nitrogens with one attached hydrogen (secondary N) is 2. The largest absolute Gasteiger partial charge is 0.497 e. The van der Waals surface area contributed by atoms with E-state index < -0.39 is 0 Å². The van der Waals surface area contributed by atoms with Crippen LogP contribution in [0.25, 0.3) is 21.8 Å². The van der Waals surface area contributed by atoms with Gasteiger partial charge >= 0.3 is 0 Å². The predicted molar refractivity (Wildman–Crippen MR) is 123 cm³/mol. The van der Waals surface area contributed by atoms with Crippen LogP contribution in [0.15, 0.2) is 42.5 Å². The summed E-state index contributed by atoms with van der Waals surface area (Å²) >= 11 is 0. The molecule has 2 N–H and O–H groups in total. The summed E-state index contributed by atoms with van der Waals surface area (Å²) in [6.45, 7) is 7.49. The van der Waals surface area contributed by atoms with Crippen molar-refractivity contribution in [3.8, 4) is 5.75 Å². The van der Waals surface area contributed by atoms with Crippen LogP contribution in [-0.2, 0) is 6.42 Å². The standard InChI is InChI=1S/C24H29N5O/c1-17-19(20-6-3-4-8-22(20)25-17)7-5-11-28-12-14-29(15-13-28)24-21-16-18(30-2)9-10-23(21)26-27-24/h3-4,6,8-10,16,25H,5,7,11-15H2,1-2H3,(H,26,27). The third-order valence-electron chi connectivity index (χ3n) is 6.35. The van der Waals surface area contributed by atoms with Gasteiger partial charge in [0.15, 0.2) is 5.82 Å². The van der Waals surface area contributed by atoms with Crippen molar-refractivity contribution < 1.29 is 4.74 Å². The van der Waals surface area contributed by atoms with Gasteiger partial charge in [-0.05, 0) is 56.1 Å². The minimum absolute atomic E-state index is 0.872. The first kappa shape index (κ1) is 19.0. The molecule has 1 fully saturated rings. The first-order valence-electron chi connectivity index (χ1n) is 10.8. The average Bonchev–Trinajstić information content (AvgIpc) is 3.34. The van der Waals surface area contributed by atoms with E-state index in [0.29, 0.717) is 0 Å². The number of piperazine rings is 1. The number of para-hydroxylation sites is 1. The first-order chi connectivity index (χ1) is 14.7. The topological polar surface area (TPSA) is 60.2 Å². The molecule has 0 spiro atoms. The second-order valence-corrected chi connectivity index (χ2v) is 8.17. The quantitative estimate of drug-likeness (QED) is 0.509. The number of fused-ring (bicyclic) bond motifs is 2. The lowest BCUT2D eigenvalue weighted by atomic mass is 10.1. The number of H-pyrrole nitrogens is 2. The van der Waals surface area contributed by atoms with Crippen LogP contribution in [0.3, 0.4) is 0 Å². The van der Waals surface area contributed by atoms with Crippen LogP contribution in [0.1, 0.15) is 17.7 Å². The van der Waals surface area contributed by atoms with E-state index in [2.05, 4.69) is 62.2 Å². The molecule has 0 saturated carbocycles. The summed E-state index contributed by atoms with van der Waals surface area (Å²) in [5.74, 6) is 1.91. The van der Waals surface area contributed by atoms with E-state index in [1.807, 2.05) is 12.1 Å². The predicted octanol–water partition coefficient (Wildman–Crippen LogP) is 4.12. The van der Waals surface area contributed by atoms with Crippen LogP contribution in [0.2, 0.25) is 0 Å². The molecule has 1 aliphatic rings. The van der Waals surface area contributed by atoms with Crippen LogP contribution in [0.5, 0.6) is 5.75 Å². The van der Waals surface area contributed by atoms with Gasteiger partial charge in [-0.2, -0.15) is 5.10 Å². The molecule has 0 radical (unpaired) electrons. The molecule has 1 aliphatic heterocycles. The molecule has 2 aromatic carbocycles. The van der Waals surface area contributed by atoms with Crippen molar-refractivity contribution in [3.05, 3.63) is 53.7 Å². The number of hydrogen-bond donors (Lipinski definition) is 2. The highest BCUT2D eigenvalue weighted by atomic mass is 16.5. The lowest BCUT2D eigenvalue weighted by molar-refractivity contribution is 0.254. The van der Waals surface area contributed by atoms with Crippen molar-refractivity contribution in [2.24, 2.45) is 0 Å². The fourth-order valence-corrected chi connectivity index (χ4v) is 4.67. The number of aryl methyl sites for hydroxylation is 2. The van der Waals surface area contributed by atoms with Crippen LogP contribution in [0.4, 0.5) is 5.82 Å². The van der Waals surface area contributed by atoms with Gasteiger partial charge in [-0.15, -0.1) is 0 Å². The summed E-state index contributed by atoms with van der Waals surface area (Å²) in [5.41, 5.74) is 5.09. The summed E-state index contributed by atoms with van der Waals surface area (Å²) in [6, 6.07) is 14.7. The van der Waals surface area contributed by atoms with Crippen LogP contribution in [-0.4, -0.2) is 59.9 Å². The maximum absolute atomic E-state index is 5.39. The molecule has 6 nitrogen and oxygen atoms in total. The fraction of sp³-hybridized carbons (Fsp3) is 0.375. The Bertz CT molecular complexity index is 1150. The summed E-state index contributed by atoms with van der Waals surface area (Å²) in [7, 11) is 1.71. The molecular weight excluding hydrogens is 374 g/mol. The Kier molecular flexibility index (Phi) is 5.09. The normalized spacial score (nSPS) is 15.3. The van der Waals surface area contributed by atoms with Crippen LogP contribution < -0.4 is 9.64 Å². The van der Waals surface area contributed by atoms with Crippen molar-refractivity contribution in [2.45, 2.75) is 19.8 Å². The molecule has 30 heavy (non-hydrogen) atoms. The highest BCUT2D eigenvalue weighted by Crippen LogP contribution is 2.28. The lowest BCUT2D eigenvalue weighted by Gasteiger charge is -2.35. The molecule has 2 aromatic heterocycles. The van der Waals surface area contributed by atoms with E-state index in [9.17, 15) is 0 Å². The molecule has 0 amide bonds. The summed E-state index contributed by atoms with van der Waals surface area (Å²) in [5, 5.41) is 10.2. The highest BCUT2D eigenvalue weighted by molar-refractivity contribution is 5.91. The molecular formula is C24H29N5O. The Morgan fingerprint density at radius 2 is 1.83 bits per heavy atom. The minimum atomic E-state index is 0.872. The number of methoxy groups -OCH3 is 1. The van der Waals surface area contributed by atoms with E-state index >= 15 is 0 Å². The number of aromatic amines is 2. The van der Waals surface area contributed by atoms with Crippen LogP contribution in [0, 0.1) is 6.92 Å². The second kappa shape index (κ2) is 8.03. The number of hydrogen-bond acceptors (Lipinski definition) is 4. The molecule has 6 heteroatoms. The van der Waals surface area contributed by atoms with E-state index in [0.717, 1.165) is 61.6 Å². The van der Waals surface area contributed by atoms with Gasteiger partial charge in [0.05, 0.1) is 12.6 Å². The summed E-state index contributed by atoms with van der Waals surface area (Å²) in [4.78, 5) is 8.49.